The number of aliphatic carboxylic acids is 1. The van der Waals surface area contributed by atoms with Crippen LogP contribution in [0.25, 0.3) is 0 Å². The largest absolute Gasteiger partial charge is 0.480 e. The van der Waals surface area contributed by atoms with Gasteiger partial charge < -0.3 is 14.7 Å². The molecule has 0 saturated carbocycles. The lowest BCUT2D eigenvalue weighted by Gasteiger charge is -2.38. The van der Waals surface area contributed by atoms with Crippen molar-refractivity contribution in [3.63, 3.8) is 0 Å². The number of nitrogens with zero attached hydrogens (tertiary/aromatic N) is 2. The molecule has 1 heterocycles. The first-order valence-corrected chi connectivity index (χ1v) is 6.44. The maximum atomic E-state index is 12.5. The average Bonchev–Trinajstić information content (AvgIpc) is 2.46. The maximum Gasteiger partial charge on any atom is 0.328 e. The molecule has 2 atom stereocenters. The normalized spacial score (nSPS) is 22.4. The van der Waals surface area contributed by atoms with Gasteiger partial charge in [0.15, 0.2) is 6.04 Å². The second-order valence-corrected chi connectivity index (χ2v) is 4.83. The fourth-order valence-electron chi connectivity index (χ4n) is 2.17. The third-order valence-corrected chi connectivity index (χ3v) is 3.33. The highest BCUT2D eigenvalue weighted by molar-refractivity contribution is 5.94. The highest BCUT2D eigenvalue weighted by atomic mass is 16.5. The van der Waals surface area contributed by atoms with Gasteiger partial charge in [0, 0.05) is 19.3 Å². The first-order chi connectivity index (χ1) is 9.50. The van der Waals surface area contributed by atoms with Gasteiger partial charge in [-0.25, -0.2) is 9.59 Å². The second kappa shape index (κ2) is 5.92. The summed E-state index contributed by atoms with van der Waals surface area (Å²) in [6.45, 7) is 2.11. The van der Waals surface area contributed by atoms with Gasteiger partial charge in [0.05, 0.1) is 12.7 Å². The lowest BCUT2D eigenvalue weighted by Crippen LogP contribution is -2.58. The Morgan fingerprint density at radius 1 is 1.35 bits per heavy atom. The van der Waals surface area contributed by atoms with Crippen LogP contribution in [-0.2, 0) is 9.53 Å². The first-order valence-electron chi connectivity index (χ1n) is 6.44. The number of amides is 2. The summed E-state index contributed by atoms with van der Waals surface area (Å²) in [6.07, 6.45) is -0.168. The number of rotatable bonds is 2. The number of hydrogen-bond acceptors (Lipinski definition) is 3. The van der Waals surface area contributed by atoms with Crippen LogP contribution in [0.2, 0.25) is 0 Å². The Morgan fingerprint density at radius 3 is 2.60 bits per heavy atom. The number of benzene rings is 1. The van der Waals surface area contributed by atoms with Crippen LogP contribution in [0.5, 0.6) is 0 Å². The van der Waals surface area contributed by atoms with Crippen molar-refractivity contribution in [2.45, 2.75) is 19.1 Å². The summed E-state index contributed by atoms with van der Waals surface area (Å²) >= 11 is 0. The molecular weight excluding hydrogens is 260 g/mol. The summed E-state index contributed by atoms with van der Waals surface area (Å²) in [6, 6.07) is 7.85. The van der Waals surface area contributed by atoms with E-state index in [1.807, 2.05) is 25.1 Å². The Hall–Kier alpha value is -2.08. The highest BCUT2D eigenvalue weighted by Gasteiger charge is 2.36. The molecule has 2 rings (SSSR count). The predicted molar refractivity (Wildman–Crippen MR) is 73.8 cm³/mol. The Morgan fingerprint density at radius 2 is 2.00 bits per heavy atom. The number of para-hydroxylation sites is 1. The molecule has 1 aromatic carbocycles. The molecule has 1 aromatic rings. The van der Waals surface area contributed by atoms with Crippen molar-refractivity contribution < 1.29 is 19.4 Å². The molecule has 1 N–H and O–H groups in total. The Kier molecular flexibility index (Phi) is 4.24. The van der Waals surface area contributed by atoms with Crippen LogP contribution < -0.4 is 4.90 Å². The third kappa shape index (κ3) is 2.91. The molecule has 6 heteroatoms. The monoisotopic (exact) mass is 278 g/mol. The van der Waals surface area contributed by atoms with Crippen molar-refractivity contribution >= 4 is 17.7 Å². The quantitative estimate of drug-likeness (QED) is 0.888. The molecule has 1 aliphatic heterocycles. The van der Waals surface area contributed by atoms with Crippen LogP contribution in [0, 0.1) is 0 Å². The average molecular weight is 278 g/mol. The zero-order valence-corrected chi connectivity index (χ0v) is 11.5. The zero-order chi connectivity index (χ0) is 14.7. The van der Waals surface area contributed by atoms with Crippen LogP contribution in [0.3, 0.4) is 0 Å². The number of morpholine rings is 1. The number of carboxylic acid groups (broad SMARTS) is 1. The van der Waals surface area contributed by atoms with Crippen LogP contribution in [0.15, 0.2) is 30.3 Å². The van der Waals surface area contributed by atoms with Crippen molar-refractivity contribution in [1.82, 2.24) is 4.90 Å². The Balaban J connectivity index is 2.19. The van der Waals surface area contributed by atoms with Gasteiger partial charge in [-0.15, -0.1) is 0 Å². The number of hydrogen-bond donors (Lipinski definition) is 1. The highest BCUT2D eigenvalue weighted by Crippen LogP contribution is 2.18. The van der Waals surface area contributed by atoms with E-state index in [0.29, 0.717) is 0 Å². The molecule has 2 amide bonds. The SMILES string of the molecule is C[C@@H]1CN(C(=O)N(C)c2ccccc2)[C@H](C(=O)O)CO1. The molecule has 6 nitrogen and oxygen atoms in total. The van der Waals surface area contributed by atoms with Crippen molar-refractivity contribution in [2.75, 3.05) is 25.1 Å². The fourth-order valence-corrected chi connectivity index (χ4v) is 2.17. The van der Waals surface area contributed by atoms with Gasteiger partial charge in [-0.2, -0.15) is 0 Å². The van der Waals surface area contributed by atoms with E-state index in [9.17, 15) is 14.7 Å². The molecule has 1 fully saturated rings. The molecule has 1 aliphatic rings. The van der Waals surface area contributed by atoms with E-state index in [2.05, 4.69) is 0 Å². The van der Waals surface area contributed by atoms with Crippen molar-refractivity contribution in [1.29, 1.82) is 0 Å². The number of urea groups is 1. The van der Waals surface area contributed by atoms with Crippen molar-refractivity contribution in [2.24, 2.45) is 0 Å². The van der Waals surface area contributed by atoms with Gasteiger partial charge in [0.2, 0.25) is 0 Å². The van der Waals surface area contributed by atoms with E-state index in [0.717, 1.165) is 5.69 Å². The van der Waals surface area contributed by atoms with E-state index in [1.165, 1.54) is 9.80 Å². The van der Waals surface area contributed by atoms with Crippen LogP contribution >= 0.6 is 0 Å². The van der Waals surface area contributed by atoms with Crippen molar-refractivity contribution in [3.8, 4) is 0 Å². The van der Waals surface area contributed by atoms with Crippen LogP contribution in [-0.4, -0.2) is 54.4 Å². The molecule has 0 aromatic heterocycles. The third-order valence-electron chi connectivity index (χ3n) is 3.33. The van der Waals surface area contributed by atoms with E-state index in [4.69, 9.17) is 4.74 Å². The van der Waals surface area contributed by atoms with Gasteiger partial charge in [-0.05, 0) is 19.1 Å². The molecule has 1 saturated heterocycles. The number of ether oxygens (including phenoxy) is 1. The van der Waals surface area contributed by atoms with Gasteiger partial charge in [0.25, 0.3) is 0 Å². The molecule has 0 bridgehead atoms. The first kappa shape index (κ1) is 14.3. The smallest absolute Gasteiger partial charge is 0.328 e. The van der Waals surface area contributed by atoms with Gasteiger partial charge in [-0.1, -0.05) is 18.2 Å². The zero-order valence-electron chi connectivity index (χ0n) is 11.5. The topological polar surface area (TPSA) is 70.1 Å². The molecule has 0 unspecified atom stereocenters. The summed E-state index contributed by atoms with van der Waals surface area (Å²) in [5.74, 6) is -1.05. The van der Waals surface area contributed by atoms with E-state index in [1.54, 1.807) is 19.2 Å². The van der Waals surface area contributed by atoms with Gasteiger partial charge in [0.1, 0.15) is 0 Å². The number of anilines is 1. The number of carbonyl (C=O) groups excluding carboxylic acids is 1. The van der Waals surface area contributed by atoms with Gasteiger partial charge in [-0.3, -0.25) is 4.90 Å². The summed E-state index contributed by atoms with van der Waals surface area (Å²) in [5.41, 5.74) is 0.723. The number of carboxylic acids is 1. The lowest BCUT2D eigenvalue weighted by molar-refractivity contribution is -0.149. The maximum absolute atomic E-state index is 12.5. The minimum Gasteiger partial charge on any atom is -0.480 e. The van der Waals surface area contributed by atoms with Gasteiger partial charge >= 0.3 is 12.0 Å². The minimum absolute atomic E-state index is 0.0187. The van der Waals surface area contributed by atoms with E-state index in [-0.39, 0.29) is 25.3 Å². The van der Waals surface area contributed by atoms with E-state index >= 15 is 0 Å². The molecule has 0 aliphatic carbocycles. The predicted octanol–water partition coefficient (Wildman–Crippen LogP) is 1.42. The molecule has 0 radical (unpaired) electrons. The van der Waals surface area contributed by atoms with Crippen LogP contribution in [0.4, 0.5) is 10.5 Å². The Labute approximate surface area is 117 Å². The summed E-state index contributed by atoms with van der Waals surface area (Å²) in [7, 11) is 1.64. The van der Waals surface area contributed by atoms with E-state index < -0.39 is 12.0 Å². The molecule has 108 valence electrons. The minimum atomic E-state index is -1.05. The summed E-state index contributed by atoms with van der Waals surface area (Å²) in [5, 5.41) is 9.20. The standard InChI is InChI=1S/C14H18N2O4/c1-10-8-16(12(9-20-10)13(17)18)14(19)15(2)11-6-4-3-5-7-11/h3-7,10,12H,8-9H2,1-2H3,(H,17,18)/t10-,12+/m1/s1. The fraction of sp³-hybridized carbons (Fsp3) is 0.429. The van der Waals surface area contributed by atoms with Crippen LogP contribution in [0.1, 0.15) is 6.92 Å². The summed E-state index contributed by atoms with van der Waals surface area (Å²) in [4.78, 5) is 26.5. The molecule has 20 heavy (non-hydrogen) atoms. The Bertz CT molecular complexity index is 491. The van der Waals surface area contributed by atoms with Crippen molar-refractivity contribution in [3.05, 3.63) is 30.3 Å². The summed E-state index contributed by atoms with van der Waals surface area (Å²) < 4.78 is 5.32. The second-order valence-electron chi connectivity index (χ2n) is 4.83. The lowest BCUT2D eigenvalue weighted by atomic mass is 10.2. The number of carbonyl (C=O) groups is 2. The molecule has 0 spiro atoms. The molecular formula is C14H18N2O4.